The van der Waals surface area contributed by atoms with E-state index in [2.05, 4.69) is 22.2 Å². The Kier molecular flexibility index (Phi) is 8.51. The zero-order valence-corrected chi connectivity index (χ0v) is 12.6. The number of hydrogen-bond acceptors (Lipinski definition) is 3. The van der Waals surface area contributed by atoms with Crippen molar-refractivity contribution < 1.29 is 4.79 Å². The Morgan fingerprint density at radius 2 is 2.00 bits per heavy atom. The minimum Gasteiger partial charge on any atom is -0.369 e. The van der Waals surface area contributed by atoms with Crippen molar-refractivity contribution in [2.45, 2.75) is 64.7 Å². The lowest BCUT2D eigenvalue weighted by molar-refractivity contribution is -0.121. The third kappa shape index (κ3) is 7.81. The van der Waals surface area contributed by atoms with E-state index in [1.54, 1.807) is 6.20 Å². The quantitative estimate of drug-likeness (QED) is 0.545. The number of carbonyl (C=O) groups excluding carboxylic acids is 1. The van der Waals surface area contributed by atoms with E-state index in [0.717, 1.165) is 31.5 Å². The van der Waals surface area contributed by atoms with Crippen molar-refractivity contribution in [2.75, 3.05) is 12.3 Å². The number of aryl methyl sites for hydroxylation is 1. The summed E-state index contributed by atoms with van der Waals surface area (Å²) in [6.45, 7) is 3.03. The first-order valence-electron chi connectivity index (χ1n) is 7.78. The highest BCUT2D eigenvalue weighted by atomic mass is 16.1. The predicted octanol–water partition coefficient (Wildman–Crippen LogP) is 2.79. The van der Waals surface area contributed by atoms with Crippen LogP contribution in [0.4, 0.5) is 5.95 Å². The van der Waals surface area contributed by atoms with Crippen molar-refractivity contribution in [3.05, 3.63) is 11.9 Å². The van der Waals surface area contributed by atoms with Gasteiger partial charge in [0.15, 0.2) is 5.95 Å². The van der Waals surface area contributed by atoms with E-state index in [1.165, 1.54) is 32.1 Å². The number of aromatic amines is 1. The van der Waals surface area contributed by atoms with Crippen molar-refractivity contribution in [1.82, 2.24) is 15.3 Å². The molecule has 0 aromatic carbocycles. The van der Waals surface area contributed by atoms with Crippen LogP contribution in [-0.4, -0.2) is 22.4 Å². The standard InChI is InChI=1S/C15H28N4O/c1-2-3-4-5-6-7-11-17-14(20)10-8-9-13-12-18-15(16)19-13/h12H,2-11H2,1H3,(H,17,20)(H3,16,18,19). The summed E-state index contributed by atoms with van der Waals surface area (Å²) >= 11 is 0. The number of nitrogens with two attached hydrogens (primary N) is 1. The van der Waals surface area contributed by atoms with Gasteiger partial charge in [0.1, 0.15) is 0 Å². The van der Waals surface area contributed by atoms with E-state index in [1.807, 2.05) is 0 Å². The fourth-order valence-corrected chi connectivity index (χ4v) is 2.16. The number of H-pyrrole nitrogens is 1. The predicted molar refractivity (Wildman–Crippen MR) is 82.3 cm³/mol. The van der Waals surface area contributed by atoms with Gasteiger partial charge < -0.3 is 16.0 Å². The maximum absolute atomic E-state index is 11.6. The number of aromatic nitrogens is 2. The minimum atomic E-state index is 0.144. The summed E-state index contributed by atoms with van der Waals surface area (Å²) in [5, 5.41) is 2.98. The van der Waals surface area contributed by atoms with Crippen molar-refractivity contribution in [1.29, 1.82) is 0 Å². The maximum atomic E-state index is 11.6. The average Bonchev–Trinajstić information content (AvgIpc) is 2.83. The monoisotopic (exact) mass is 280 g/mol. The molecule has 5 heteroatoms. The van der Waals surface area contributed by atoms with E-state index in [-0.39, 0.29) is 5.91 Å². The van der Waals surface area contributed by atoms with E-state index < -0.39 is 0 Å². The zero-order chi connectivity index (χ0) is 14.6. The third-order valence-corrected chi connectivity index (χ3v) is 3.35. The Bertz CT molecular complexity index is 376. The van der Waals surface area contributed by atoms with Crippen molar-refractivity contribution in [3.8, 4) is 0 Å². The summed E-state index contributed by atoms with van der Waals surface area (Å²) in [5.41, 5.74) is 6.48. The molecule has 0 radical (unpaired) electrons. The van der Waals surface area contributed by atoms with E-state index in [9.17, 15) is 4.79 Å². The second-order valence-electron chi connectivity index (χ2n) is 5.26. The van der Waals surface area contributed by atoms with Crippen LogP contribution in [0.1, 0.15) is 64.0 Å². The Labute approximate surface area is 121 Å². The first kappa shape index (κ1) is 16.5. The van der Waals surface area contributed by atoms with Gasteiger partial charge in [-0.25, -0.2) is 4.98 Å². The Morgan fingerprint density at radius 1 is 1.25 bits per heavy atom. The van der Waals surface area contributed by atoms with Crippen LogP contribution in [0.2, 0.25) is 0 Å². The molecular weight excluding hydrogens is 252 g/mol. The molecule has 0 aliphatic carbocycles. The molecule has 0 atom stereocenters. The van der Waals surface area contributed by atoms with Gasteiger partial charge in [-0.1, -0.05) is 39.0 Å². The molecule has 114 valence electrons. The van der Waals surface area contributed by atoms with Gasteiger partial charge in [-0.2, -0.15) is 0 Å². The van der Waals surface area contributed by atoms with Crippen LogP contribution in [0.15, 0.2) is 6.20 Å². The number of imidazole rings is 1. The van der Waals surface area contributed by atoms with Crippen LogP contribution in [0.3, 0.4) is 0 Å². The first-order valence-corrected chi connectivity index (χ1v) is 7.78. The topological polar surface area (TPSA) is 83.8 Å². The van der Waals surface area contributed by atoms with Crippen LogP contribution in [0.5, 0.6) is 0 Å². The molecule has 0 unspecified atom stereocenters. The zero-order valence-electron chi connectivity index (χ0n) is 12.6. The lowest BCUT2D eigenvalue weighted by Crippen LogP contribution is -2.24. The van der Waals surface area contributed by atoms with Crippen molar-refractivity contribution in [2.24, 2.45) is 0 Å². The van der Waals surface area contributed by atoms with Crippen LogP contribution in [-0.2, 0) is 11.2 Å². The Balaban J connectivity index is 1.92. The van der Waals surface area contributed by atoms with E-state index in [4.69, 9.17) is 5.73 Å². The summed E-state index contributed by atoms with van der Waals surface area (Å²) in [5.74, 6) is 0.582. The van der Waals surface area contributed by atoms with Gasteiger partial charge in [0.2, 0.25) is 5.91 Å². The molecule has 0 aliphatic rings. The summed E-state index contributed by atoms with van der Waals surface area (Å²) in [6, 6.07) is 0. The third-order valence-electron chi connectivity index (χ3n) is 3.35. The SMILES string of the molecule is CCCCCCCCNC(=O)CCCc1cnc(N)[nH]1. The number of hydrogen-bond donors (Lipinski definition) is 3. The molecule has 0 aliphatic heterocycles. The molecular formula is C15H28N4O. The lowest BCUT2D eigenvalue weighted by atomic mass is 10.1. The second-order valence-corrected chi connectivity index (χ2v) is 5.26. The Hall–Kier alpha value is -1.52. The van der Waals surface area contributed by atoms with Crippen LogP contribution in [0.25, 0.3) is 0 Å². The minimum absolute atomic E-state index is 0.144. The number of carbonyl (C=O) groups is 1. The fourth-order valence-electron chi connectivity index (χ4n) is 2.16. The number of unbranched alkanes of at least 4 members (excludes halogenated alkanes) is 5. The molecule has 0 spiro atoms. The van der Waals surface area contributed by atoms with Gasteiger partial charge in [-0.3, -0.25) is 4.79 Å². The summed E-state index contributed by atoms with van der Waals surface area (Å²) < 4.78 is 0. The highest BCUT2D eigenvalue weighted by Crippen LogP contribution is 2.05. The van der Waals surface area contributed by atoms with Gasteiger partial charge in [0, 0.05) is 18.7 Å². The number of nitrogens with one attached hydrogen (secondary N) is 2. The number of nitrogen functional groups attached to an aromatic ring is 1. The van der Waals surface area contributed by atoms with Gasteiger partial charge in [-0.15, -0.1) is 0 Å². The summed E-state index contributed by atoms with van der Waals surface area (Å²) in [4.78, 5) is 18.5. The van der Waals surface area contributed by atoms with Crippen LogP contribution < -0.4 is 11.1 Å². The molecule has 1 rings (SSSR count). The first-order chi connectivity index (χ1) is 9.72. The normalized spacial score (nSPS) is 10.7. The molecule has 4 N–H and O–H groups in total. The molecule has 1 aromatic heterocycles. The maximum Gasteiger partial charge on any atom is 0.220 e. The molecule has 20 heavy (non-hydrogen) atoms. The molecule has 1 heterocycles. The highest BCUT2D eigenvalue weighted by molar-refractivity contribution is 5.75. The number of amides is 1. The summed E-state index contributed by atoms with van der Waals surface area (Å²) in [7, 11) is 0. The average molecular weight is 280 g/mol. The smallest absolute Gasteiger partial charge is 0.220 e. The highest BCUT2D eigenvalue weighted by Gasteiger charge is 2.02. The van der Waals surface area contributed by atoms with Gasteiger partial charge in [0.05, 0.1) is 6.20 Å². The molecule has 1 aromatic rings. The van der Waals surface area contributed by atoms with Crippen LogP contribution >= 0.6 is 0 Å². The molecule has 5 nitrogen and oxygen atoms in total. The molecule has 0 saturated carbocycles. The van der Waals surface area contributed by atoms with E-state index >= 15 is 0 Å². The molecule has 0 bridgehead atoms. The fraction of sp³-hybridized carbons (Fsp3) is 0.733. The molecule has 0 saturated heterocycles. The van der Waals surface area contributed by atoms with Gasteiger partial charge >= 0.3 is 0 Å². The molecule has 0 fully saturated rings. The number of anilines is 1. The van der Waals surface area contributed by atoms with Gasteiger partial charge in [0.25, 0.3) is 0 Å². The number of rotatable bonds is 11. The summed E-state index contributed by atoms with van der Waals surface area (Å²) in [6.07, 6.45) is 11.4. The van der Waals surface area contributed by atoms with Crippen LogP contribution in [0, 0.1) is 0 Å². The largest absolute Gasteiger partial charge is 0.369 e. The van der Waals surface area contributed by atoms with Crippen molar-refractivity contribution >= 4 is 11.9 Å². The second kappa shape index (κ2) is 10.3. The Morgan fingerprint density at radius 3 is 2.70 bits per heavy atom. The van der Waals surface area contributed by atoms with Crippen molar-refractivity contribution in [3.63, 3.8) is 0 Å². The lowest BCUT2D eigenvalue weighted by Gasteiger charge is -2.05. The number of nitrogens with zero attached hydrogens (tertiary/aromatic N) is 1. The van der Waals surface area contributed by atoms with Gasteiger partial charge in [-0.05, 0) is 19.3 Å². The molecule has 1 amide bonds. The van der Waals surface area contributed by atoms with E-state index in [0.29, 0.717) is 12.4 Å².